The number of hydrogen-bond acceptors (Lipinski definition) is 3. The second-order valence-electron chi connectivity index (χ2n) is 4.29. The zero-order valence-corrected chi connectivity index (χ0v) is 10.9. The van der Waals surface area contributed by atoms with E-state index in [-0.39, 0.29) is 6.61 Å². The number of benzene rings is 1. The summed E-state index contributed by atoms with van der Waals surface area (Å²) in [6.07, 6.45) is 3.88. The van der Waals surface area contributed by atoms with Crippen LogP contribution >= 0.6 is 0 Å². The Morgan fingerprint density at radius 2 is 1.94 bits per heavy atom. The topological polar surface area (TPSA) is 57.6 Å². The molecule has 0 aliphatic carbocycles. The first-order valence-corrected chi connectivity index (χ1v) is 7.46. The van der Waals surface area contributed by atoms with Gasteiger partial charge in [0.05, 0.1) is 4.90 Å². The molecule has 0 fully saturated rings. The smallest absolute Gasteiger partial charge is 0.263 e. The van der Waals surface area contributed by atoms with Crippen molar-refractivity contribution >= 4 is 10.0 Å². The average molecular weight is 267 g/mol. The van der Waals surface area contributed by atoms with E-state index in [1.807, 2.05) is 0 Å². The fourth-order valence-corrected chi connectivity index (χ4v) is 3.47. The molecule has 0 aromatic heterocycles. The Labute approximate surface area is 108 Å². The van der Waals surface area contributed by atoms with Gasteiger partial charge in [-0.1, -0.05) is 23.8 Å². The molecule has 18 heavy (non-hydrogen) atoms. The van der Waals surface area contributed by atoms with Gasteiger partial charge in [0, 0.05) is 19.4 Å². The minimum atomic E-state index is -3.44. The number of aliphatic hydroxyl groups excluding tert-OH is 1. The molecule has 0 radical (unpaired) electrons. The van der Waals surface area contributed by atoms with Gasteiger partial charge in [0.25, 0.3) is 10.0 Å². The lowest BCUT2D eigenvalue weighted by atomic mass is 10.1. The number of hydrogen-bond donors (Lipinski definition) is 1. The highest BCUT2D eigenvalue weighted by Crippen LogP contribution is 2.23. The van der Waals surface area contributed by atoms with E-state index in [4.69, 9.17) is 5.11 Å². The Morgan fingerprint density at radius 3 is 2.61 bits per heavy atom. The van der Waals surface area contributed by atoms with Crippen molar-refractivity contribution in [1.82, 2.24) is 4.31 Å². The molecule has 1 aliphatic heterocycles. The number of rotatable bonds is 4. The van der Waals surface area contributed by atoms with Crippen LogP contribution in [0.4, 0.5) is 0 Å². The quantitative estimate of drug-likeness (QED) is 0.904. The lowest BCUT2D eigenvalue weighted by Gasteiger charge is -2.26. The van der Waals surface area contributed by atoms with E-state index in [0.717, 1.165) is 18.4 Å². The second kappa shape index (κ2) is 5.54. The molecule has 0 unspecified atom stereocenters. The highest BCUT2D eigenvalue weighted by molar-refractivity contribution is 7.89. The molecule has 0 bridgehead atoms. The van der Waals surface area contributed by atoms with Crippen molar-refractivity contribution in [2.24, 2.45) is 0 Å². The largest absolute Gasteiger partial charge is 0.396 e. The van der Waals surface area contributed by atoms with Gasteiger partial charge in [-0.3, -0.25) is 4.31 Å². The van der Waals surface area contributed by atoms with Gasteiger partial charge in [-0.15, -0.1) is 0 Å². The summed E-state index contributed by atoms with van der Waals surface area (Å²) in [6.45, 7) is 0.567. The van der Waals surface area contributed by atoms with E-state index >= 15 is 0 Å². The lowest BCUT2D eigenvalue weighted by molar-refractivity contribution is 0.295. The van der Waals surface area contributed by atoms with Crippen LogP contribution in [0.5, 0.6) is 0 Å². The van der Waals surface area contributed by atoms with E-state index in [2.05, 4.69) is 0 Å². The molecule has 0 spiro atoms. The number of aliphatic hydroxyl groups is 1. The first-order chi connectivity index (χ1) is 8.64. The standard InChI is InChI=1S/C13H17NO3S/c15-10-8-12-5-4-9-14(11-12)18(16,17)13-6-2-1-3-7-13/h1-3,6-7,11,15H,4-5,8-10H2. The Morgan fingerprint density at radius 1 is 1.22 bits per heavy atom. The van der Waals surface area contributed by atoms with Crippen LogP contribution in [0, 0.1) is 0 Å². The first kappa shape index (κ1) is 13.1. The van der Waals surface area contributed by atoms with Gasteiger partial charge in [-0.05, 0) is 31.4 Å². The van der Waals surface area contributed by atoms with Crippen molar-refractivity contribution in [1.29, 1.82) is 0 Å². The third-order valence-electron chi connectivity index (χ3n) is 2.99. The van der Waals surface area contributed by atoms with Gasteiger partial charge in [0.2, 0.25) is 0 Å². The van der Waals surface area contributed by atoms with Gasteiger partial charge >= 0.3 is 0 Å². The molecule has 0 amide bonds. The van der Waals surface area contributed by atoms with E-state index < -0.39 is 10.0 Å². The fourth-order valence-electron chi connectivity index (χ4n) is 2.05. The summed E-state index contributed by atoms with van der Waals surface area (Å²) >= 11 is 0. The third-order valence-corrected chi connectivity index (χ3v) is 4.76. The Balaban J connectivity index is 2.28. The molecule has 0 saturated heterocycles. The summed E-state index contributed by atoms with van der Waals surface area (Å²) in [5, 5.41) is 8.92. The average Bonchev–Trinajstić information content (AvgIpc) is 2.40. The summed E-state index contributed by atoms with van der Waals surface area (Å²) in [5.74, 6) is 0. The highest BCUT2D eigenvalue weighted by Gasteiger charge is 2.23. The fraction of sp³-hybridized carbons (Fsp3) is 0.385. The molecule has 1 aromatic carbocycles. The summed E-state index contributed by atoms with van der Waals surface area (Å²) < 4.78 is 26.1. The molecular weight excluding hydrogens is 250 g/mol. The zero-order chi connectivity index (χ0) is 13.0. The summed E-state index contributed by atoms with van der Waals surface area (Å²) in [7, 11) is -3.44. The van der Waals surface area contributed by atoms with Crippen LogP contribution < -0.4 is 0 Å². The second-order valence-corrected chi connectivity index (χ2v) is 6.18. The molecule has 4 nitrogen and oxygen atoms in total. The molecule has 2 rings (SSSR count). The van der Waals surface area contributed by atoms with Crippen LogP contribution in [-0.4, -0.2) is 31.0 Å². The summed E-state index contributed by atoms with van der Waals surface area (Å²) in [5.41, 5.74) is 0.989. The molecule has 98 valence electrons. The molecular formula is C13H17NO3S. The van der Waals surface area contributed by atoms with Crippen molar-refractivity contribution in [3.8, 4) is 0 Å². The van der Waals surface area contributed by atoms with Crippen molar-refractivity contribution in [2.75, 3.05) is 13.2 Å². The molecule has 0 atom stereocenters. The van der Waals surface area contributed by atoms with Crippen molar-refractivity contribution in [3.05, 3.63) is 42.1 Å². The molecule has 1 heterocycles. The first-order valence-electron chi connectivity index (χ1n) is 6.02. The van der Waals surface area contributed by atoms with Crippen LogP contribution in [0.2, 0.25) is 0 Å². The van der Waals surface area contributed by atoms with E-state index in [1.54, 1.807) is 36.5 Å². The monoisotopic (exact) mass is 267 g/mol. The molecule has 5 heteroatoms. The SMILES string of the molecule is O=S(=O)(c1ccccc1)N1C=C(CCO)CCC1. The molecule has 0 saturated carbocycles. The Hall–Kier alpha value is -1.33. The molecule has 1 aliphatic rings. The van der Waals surface area contributed by atoms with E-state index in [1.165, 1.54) is 4.31 Å². The van der Waals surface area contributed by atoms with Crippen molar-refractivity contribution in [3.63, 3.8) is 0 Å². The van der Waals surface area contributed by atoms with Crippen LogP contribution in [-0.2, 0) is 10.0 Å². The number of sulfonamides is 1. The maximum Gasteiger partial charge on any atom is 0.263 e. The van der Waals surface area contributed by atoms with Gasteiger partial charge < -0.3 is 5.11 Å². The van der Waals surface area contributed by atoms with E-state index in [0.29, 0.717) is 17.9 Å². The normalized spacial score (nSPS) is 16.5. The maximum absolute atomic E-state index is 12.4. The zero-order valence-electron chi connectivity index (χ0n) is 10.1. The van der Waals surface area contributed by atoms with Crippen molar-refractivity contribution in [2.45, 2.75) is 24.2 Å². The van der Waals surface area contributed by atoms with Crippen LogP contribution in [0.25, 0.3) is 0 Å². The lowest BCUT2D eigenvalue weighted by Crippen LogP contribution is -2.30. The maximum atomic E-state index is 12.4. The predicted octanol–water partition coefficient (Wildman–Crippen LogP) is 1.74. The van der Waals surface area contributed by atoms with Gasteiger partial charge in [-0.25, -0.2) is 8.42 Å². The highest BCUT2D eigenvalue weighted by atomic mass is 32.2. The third kappa shape index (κ3) is 2.73. The predicted molar refractivity (Wildman–Crippen MR) is 69.4 cm³/mol. The molecule has 1 N–H and O–H groups in total. The minimum absolute atomic E-state index is 0.0606. The summed E-state index contributed by atoms with van der Waals surface area (Å²) in [4.78, 5) is 0.312. The van der Waals surface area contributed by atoms with Gasteiger partial charge in [0.1, 0.15) is 0 Å². The van der Waals surface area contributed by atoms with Crippen LogP contribution in [0.15, 0.2) is 47.0 Å². The minimum Gasteiger partial charge on any atom is -0.396 e. The van der Waals surface area contributed by atoms with Gasteiger partial charge in [-0.2, -0.15) is 0 Å². The Bertz CT molecular complexity index is 522. The number of nitrogens with zero attached hydrogens (tertiary/aromatic N) is 1. The molecule has 1 aromatic rings. The van der Waals surface area contributed by atoms with Crippen LogP contribution in [0.1, 0.15) is 19.3 Å². The van der Waals surface area contributed by atoms with E-state index in [9.17, 15) is 8.42 Å². The van der Waals surface area contributed by atoms with Crippen molar-refractivity contribution < 1.29 is 13.5 Å². The Kier molecular flexibility index (Phi) is 4.04. The summed E-state index contributed by atoms with van der Waals surface area (Å²) in [6, 6.07) is 8.43. The van der Waals surface area contributed by atoms with Crippen LogP contribution in [0.3, 0.4) is 0 Å². The van der Waals surface area contributed by atoms with Gasteiger partial charge in [0.15, 0.2) is 0 Å².